The van der Waals surface area contributed by atoms with Gasteiger partial charge in [0, 0.05) is 12.8 Å². The molecule has 0 aliphatic rings. The van der Waals surface area contributed by atoms with Gasteiger partial charge in [0.2, 0.25) is 5.91 Å². The zero-order valence-electron chi connectivity index (χ0n) is 55.2. The highest BCUT2D eigenvalue weighted by atomic mass is 16.5. The van der Waals surface area contributed by atoms with E-state index in [2.05, 4.69) is 55.6 Å². The topological polar surface area (TPSA) is 95.9 Å². The highest BCUT2D eigenvalue weighted by Crippen LogP contribution is 2.19. The van der Waals surface area contributed by atoms with Crippen molar-refractivity contribution in [3.8, 4) is 0 Å². The molecule has 6 nitrogen and oxygen atoms in total. The molecule has 6 heteroatoms. The minimum Gasteiger partial charge on any atom is -0.466 e. The molecule has 0 bridgehead atoms. The second kappa shape index (κ2) is 71.3. The number of aliphatic hydroxyl groups is 2. The smallest absolute Gasteiger partial charge is 0.305 e. The number of carbonyl (C=O) groups excluding carboxylic acids is 2. The van der Waals surface area contributed by atoms with Crippen molar-refractivity contribution < 1.29 is 24.5 Å². The number of allylic oxidation sites excluding steroid dienone is 7. The van der Waals surface area contributed by atoms with Crippen molar-refractivity contribution in [2.75, 3.05) is 13.2 Å². The largest absolute Gasteiger partial charge is 0.466 e. The van der Waals surface area contributed by atoms with E-state index in [1.807, 2.05) is 6.08 Å². The van der Waals surface area contributed by atoms with E-state index in [1.54, 1.807) is 6.08 Å². The third-order valence-electron chi connectivity index (χ3n) is 17.0. The normalized spacial score (nSPS) is 12.8. The number of rotatable bonds is 69. The minimum atomic E-state index is -0.846. The molecule has 3 N–H and O–H groups in total. The van der Waals surface area contributed by atoms with E-state index in [4.69, 9.17) is 4.74 Å². The molecule has 82 heavy (non-hydrogen) atoms. The van der Waals surface area contributed by atoms with E-state index >= 15 is 0 Å². The standard InChI is InChI=1S/C76H143NO5/c1-3-5-7-9-11-13-15-17-18-19-20-21-29-32-35-38-41-45-48-52-56-60-64-68-74(79)73(72-78)77-75(80)69-65-61-57-53-49-46-42-39-36-33-30-27-25-23-22-24-26-28-31-34-37-40-43-47-51-55-59-63-67-71-82-76(81)70-66-62-58-54-50-44-16-14-12-10-8-6-4-2/h8,10,14,16,22,24,64,68,73-74,78-79H,3-7,9,11-13,15,17-21,23,25-63,65-67,69-72H2,1-2H3,(H,77,80)/b10-8-,16-14-,24-22-,68-64+. The van der Waals surface area contributed by atoms with Crippen molar-refractivity contribution in [2.24, 2.45) is 0 Å². The Bertz CT molecular complexity index is 1370. The number of hydrogen-bond donors (Lipinski definition) is 3. The van der Waals surface area contributed by atoms with E-state index in [9.17, 15) is 19.8 Å². The summed E-state index contributed by atoms with van der Waals surface area (Å²) in [4.78, 5) is 24.6. The summed E-state index contributed by atoms with van der Waals surface area (Å²) >= 11 is 0. The zero-order chi connectivity index (χ0) is 59.2. The Hall–Kier alpha value is -2.18. The number of unbranched alkanes of at least 4 members (excludes halogenated alkanes) is 52. The molecule has 2 atom stereocenters. The van der Waals surface area contributed by atoms with Crippen molar-refractivity contribution in [1.29, 1.82) is 0 Å². The van der Waals surface area contributed by atoms with Gasteiger partial charge in [0.15, 0.2) is 0 Å². The Morgan fingerprint density at radius 1 is 0.341 bits per heavy atom. The van der Waals surface area contributed by atoms with Gasteiger partial charge in [0.05, 0.1) is 25.4 Å². The van der Waals surface area contributed by atoms with Crippen LogP contribution < -0.4 is 5.32 Å². The summed E-state index contributed by atoms with van der Waals surface area (Å²) in [5.41, 5.74) is 0. The van der Waals surface area contributed by atoms with Crippen LogP contribution in [-0.2, 0) is 14.3 Å². The molecular weight excluding hydrogens is 1010 g/mol. The molecule has 0 saturated heterocycles. The average Bonchev–Trinajstić information content (AvgIpc) is 3.48. The van der Waals surface area contributed by atoms with Crippen LogP contribution in [0.25, 0.3) is 0 Å². The summed E-state index contributed by atoms with van der Waals surface area (Å²) in [5.74, 6) is -0.0624. The molecule has 0 aromatic rings. The summed E-state index contributed by atoms with van der Waals surface area (Å²) in [7, 11) is 0. The highest BCUT2D eigenvalue weighted by molar-refractivity contribution is 5.76. The zero-order valence-corrected chi connectivity index (χ0v) is 55.2. The van der Waals surface area contributed by atoms with E-state index in [1.165, 1.54) is 321 Å². The first-order chi connectivity index (χ1) is 40.5. The fraction of sp³-hybridized carbons (Fsp3) is 0.868. The van der Waals surface area contributed by atoms with Crippen molar-refractivity contribution in [2.45, 2.75) is 411 Å². The van der Waals surface area contributed by atoms with Gasteiger partial charge in [0.25, 0.3) is 0 Å². The predicted molar refractivity (Wildman–Crippen MR) is 361 cm³/mol. The first kappa shape index (κ1) is 79.8. The van der Waals surface area contributed by atoms with Gasteiger partial charge in [-0.15, -0.1) is 0 Å². The van der Waals surface area contributed by atoms with Crippen LogP contribution in [0.3, 0.4) is 0 Å². The van der Waals surface area contributed by atoms with Crippen molar-refractivity contribution >= 4 is 11.9 Å². The van der Waals surface area contributed by atoms with Crippen LogP contribution in [0.4, 0.5) is 0 Å². The highest BCUT2D eigenvalue weighted by Gasteiger charge is 2.18. The SMILES string of the molecule is CCC/C=C\C/C=C\CCCCCCCC(=O)OCCCCCCCCCCCCCC/C=C\CCCCCCCCCCCCCCCC(=O)NC(CO)C(O)/C=C/CCCCCCCCCCCCCCCCCCCCCCC. The van der Waals surface area contributed by atoms with Gasteiger partial charge in [0.1, 0.15) is 0 Å². The number of esters is 1. The second-order valence-electron chi connectivity index (χ2n) is 25.3. The molecular formula is C76H143NO5. The van der Waals surface area contributed by atoms with Gasteiger partial charge < -0.3 is 20.3 Å². The maximum Gasteiger partial charge on any atom is 0.305 e. The van der Waals surface area contributed by atoms with Crippen molar-refractivity contribution in [3.05, 3.63) is 48.6 Å². The van der Waals surface area contributed by atoms with Crippen LogP contribution in [0.15, 0.2) is 48.6 Å². The Kier molecular flexibility index (Phi) is 69.4. The Morgan fingerprint density at radius 2 is 0.634 bits per heavy atom. The van der Waals surface area contributed by atoms with Gasteiger partial charge in [-0.3, -0.25) is 9.59 Å². The number of carbonyl (C=O) groups is 2. The number of ether oxygens (including phenoxy) is 1. The summed E-state index contributed by atoms with van der Waals surface area (Å²) < 4.78 is 5.48. The third kappa shape index (κ3) is 67.0. The molecule has 0 radical (unpaired) electrons. The average molecular weight is 1150 g/mol. The minimum absolute atomic E-state index is 0.000968. The summed E-state index contributed by atoms with van der Waals surface area (Å²) in [6.07, 6.45) is 93.5. The molecule has 0 heterocycles. The van der Waals surface area contributed by atoms with Crippen LogP contribution in [-0.4, -0.2) is 47.4 Å². The molecule has 0 spiro atoms. The number of nitrogens with one attached hydrogen (secondary N) is 1. The Balaban J connectivity index is 3.41. The molecule has 1 amide bonds. The van der Waals surface area contributed by atoms with Gasteiger partial charge in [-0.2, -0.15) is 0 Å². The van der Waals surface area contributed by atoms with E-state index in [0.717, 1.165) is 51.4 Å². The van der Waals surface area contributed by atoms with Gasteiger partial charge >= 0.3 is 5.97 Å². The molecule has 0 aromatic heterocycles. The Labute approximate surface area is 512 Å². The summed E-state index contributed by atoms with van der Waals surface area (Å²) in [6.45, 7) is 4.87. The summed E-state index contributed by atoms with van der Waals surface area (Å²) in [5, 5.41) is 23.3. The van der Waals surface area contributed by atoms with E-state index < -0.39 is 12.1 Å². The van der Waals surface area contributed by atoms with Crippen molar-refractivity contribution in [3.63, 3.8) is 0 Å². The third-order valence-corrected chi connectivity index (χ3v) is 17.0. The molecule has 2 unspecified atom stereocenters. The monoisotopic (exact) mass is 1150 g/mol. The first-order valence-electron chi connectivity index (χ1n) is 36.9. The molecule has 0 rings (SSSR count). The fourth-order valence-electron chi connectivity index (χ4n) is 11.4. The predicted octanol–water partition coefficient (Wildman–Crippen LogP) is 24.0. The molecule has 482 valence electrons. The number of aliphatic hydroxyl groups excluding tert-OH is 2. The first-order valence-corrected chi connectivity index (χ1v) is 36.9. The Morgan fingerprint density at radius 3 is 0.988 bits per heavy atom. The lowest BCUT2D eigenvalue weighted by molar-refractivity contribution is -0.143. The number of amides is 1. The molecule has 0 aliphatic heterocycles. The maximum absolute atomic E-state index is 12.5. The van der Waals surface area contributed by atoms with Crippen LogP contribution >= 0.6 is 0 Å². The lowest BCUT2D eigenvalue weighted by Crippen LogP contribution is -2.45. The fourth-order valence-corrected chi connectivity index (χ4v) is 11.4. The molecule has 0 fully saturated rings. The van der Waals surface area contributed by atoms with Gasteiger partial charge in [-0.1, -0.05) is 351 Å². The quantitative estimate of drug-likeness (QED) is 0.0320. The summed E-state index contributed by atoms with van der Waals surface area (Å²) in [6, 6.07) is -0.629. The van der Waals surface area contributed by atoms with Crippen LogP contribution in [0.2, 0.25) is 0 Å². The molecule has 0 saturated carbocycles. The number of hydrogen-bond acceptors (Lipinski definition) is 5. The van der Waals surface area contributed by atoms with E-state index in [-0.39, 0.29) is 18.5 Å². The van der Waals surface area contributed by atoms with Crippen LogP contribution in [0, 0.1) is 0 Å². The van der Waals surface area contributed by atoms with Crippen LogP contribution in [0.5, 0.6) is 0 Å². The van der Waals surface area contributed by atoms with Gasteiger partial charge in [-0.25, -0.2) is 0 Å². The van der Waals surface area contributed by atoms with Crippen LogP contribution in [0.1, 0.15) is 399 Å². The lowest BCUT2D eigenvalue weighted by atomic mass is 10.0. The van der Waals surface area contributed by atoms with Crippen molar-refractivity contribution in [1.82, 2.24) is 5.32 Å². The maximum atomic E-state index is 12.5. The van der Waals surface area contributed by atoms with Gasteiger partial charge in [-0.05, 0) is 83.5 Å². The van der Waals surface area contributed by atoms with E-state index in [0.29, 0.717) is 19.4 Å². The second-order valence-corrected chi connectivity index (χ2v) is 25.3. The molecule has 0 aliphatic carbocycles. The lowest BCUT2D eigenvalue weighted by Gasteiger charge is -2.20. The molecule has 0 aromatic carbocycles.